The first kappa shape index (κ1) is 14.5. The van der Waals surface area contributed by atoms with Crippen LogP contribution in [0.2, 0.25) is 5.02 Å². The van der Waals surface area contributed by atoms with Gasteiger partial charge in [0.15, 0.2) is 0 Å². The van der Waals surface area contributed by atoms with Crippen molar-refractivity contribution in [1.29, 1.82) is 0 Å². The first-order chi connectivity index (χ1) is 11.3. The Morgan fingerprint density at radius 1 is 1.00 bits per heavy atom. The molecule has 118 valence electrons. The van der Waals surface area contributed by atoms with Gasteiger partial charge in [-0.2, -0.15) is 0 Å². The van der Waals surface area contributed by atoms with Gasteiger partial charge in [-0.15, -0.1) is 0 Å². The van der Waals surface area contributed by atoms with Gasteiger partial charge in [-0.1, -0.05) is 29.8 Å². The second kappa shape index (κ2) is 6.22. The first-order valence-electron chi connectivity index (χ1n) is 7.94. The number of hydrogen-bond donors (Lipinski definition) is 1. The molecule has 4 rings (SSSR count). The molecule has 1 saturated heterocycles. The van der Waals surface area contributed by atoms with E-state index in [0.29, 0.717) is 0 Å². The molecule has 3 aromatic rings. The molecule has 1 aromatic carbocycles. The Kier molecular flexibility index (Phi) is 3.93. The van der Waals surface area contributed by atoms with Gasteiger partial charge in [-0.25, -0.2) is 0 Å². The highest BCUT2D eigenvalue weighted by Crippen LogP contribution is 2.28. The summed E-state index contributed by atoms with van der Waals surface area (Å²) in [6.07, 6.45) is 3.71. The van der Waals surface area contributed by atoms with Gasteiger partial charge in [0, 0.05) is 67.4 Å². The average molecular weight is 327 g/mol. The summed E-state index contributed by atoms with van der Waals surface area (Å²) in [7, 11) is 0. The third-order valence-electron chi connectivity index (χ3n) is 4.50. The molecule has 5 heteroatoms. The van der Waals surface area contributed by atoms with E-state index in [-0.39, 0.29) is 0 Å². The van der Waals surface area contributed by atoms with Crippen LogP contribution in [0.3, 0.4) is 0 Å². The Morgan fingerprint density at radius 2 is 1.74 bits per heavy atom. The largest absolute Gasteiger partial charge is 0.369 e. The Balaban J connectivity index is 1.43. The van der Waals surface area contributed by atoms with E-state index in [1.165, 1.54) is 5.69 Å². The molecule has 0 atom stereocenters. The first-order valence-corrected chi connectivity index (χ1v) is 8.31. The summed E-state index contributed by atoms with van der Waals surface area (Å²) in [6.45, 7) is 5.00. The molecule has 0 unspecified atom stereocenters. The lowest BCUT2D eigenvalue weighted by atomic mass is 10.2. The van der Waals surface area contributed by atoms with Crippen LogP contribution in [0.4, 0.5) is 5.69 Å². The second-order valence-corrected chi connectivity index (χ2v) is 6.31. The van der Waals surface area contributed by atoms with E-state index in [0.717, 1.165) is 54.3 Å². The van der Waals surface area contributed by atoms with Crippen LogP contribution in [-0.2, 0) is 6.54 Å². The minimum absolute atomic E-state index is 0.858. The maximum atomic E-state index is 6.53. The Morgan fingerprint density at radius 3 is 2.48 bits per heavy atom. The molecular formula is C18H19ClN4. The molecule has 0 radical (unpaired) electrons. The maximum Gasteiger partial charge on any atom is 0.0705 e. The zero-order chi connectivity index (χ0) is 15.6. The summed E-state index contributed by atoms with van der Waals surface area (Å²) < 4.78 is 0. The number of nitrogens with zero attached hydrogens (tertiary/aromatic N) is 3. The second-order valence-electron chi connectivity index (χ2n) is 5.93. The standard InChI is InChI=1S/C18H19ClN4/c19-18-15-3-1-2-4-16(15)21-17(18)13-22-9-11-23(12-10-22)14-5-7-20-8-6-14/h1-8,21H,9-13H2. The number of aromatic nitrogens is 2. The van der Waals surface area contributed by atoms with E-state index in [9.17, 15) is 0 Å². The molecule has 0 aliphatic carbocycles. The molecular weight excluding hydrogens is 308 g/mol. The zero-order valence-corrected chi connectivity index (χ0v) is 13.6. The quantitative estimate of drug-likeness (QED) is 0.799. The Hall–Kier alpha value is -2.04. The number of H-pyrrole nitrogens is 1. The SMILES string of the molecule is Clc1c(CN2CCN(c3ccncc3)CC2)[nH]c2ccccc12. The van der Waals surface area contributed by atoms with Crippen LogP contribution in [0.1, 0.15) is 5.69 Å². The summed E-state index contributed by atoms with van der Waals surface area (Å²) in [5.74, 6) is 0. The van der Waals surface area contributed by atoms with Crippen molar-refractivity contribution in [3.63, 3.8) is 0 Å². The fourth-order valence-electron chi connectivity index (χ4n) is 3.22. The molecule has 1 N–H and O–H groups in total. The van der Waals surface area contributed by atoms with Gasteiger partial charge in [0.2, 0.25) is 0 Å². The highest BCUT2D eigenvalue weighted by molar-refractivity contribution is 6.36. The summed E-state index contributed by atoms with van der Waals surface area (Å²) in [5, 5.41) is 1.97. The van der Waals surface area contributed by atoms with Crippen LogP contribution in [0.25, 0.3) is 10.9 Å². The molecule has 1 aliphatic heterocycles. The van der Waals surface area contributed by atoms with Crippen molar-refractivity contribution in [2.45, 2.75) is 6.54 Å². The number of pyridine rings is 1. The number of nitrogens with one attached hydrogen (secondary N) is 1. The fraction of sp³-hybridized carbons (Fsp3) is 0.278. The summed E-state index contributed by atoms with van der Waals surface area (Å²) in [6, 6.07) is 12.4. The number of para-hydroxylation sites is 1. The van der Waals surface area contributed by atoms with Crippen LogP contribution in [0.15, 0.2) is 48.8 Å². The van der Waals surface area contributed by atoms with Crippen molar-refractivity contribution < 1.29 is 0 Å². The van der Waals surface area contributed by atoms with Gasteiger partial charge in [0.05, 0.1) is 5.02 Å². The van der Waals surface area contributed by atoms with Crippen LogP contribution in [0, 0.1) is 0 Å². The molecule has 1 fully saturated rings. The van der Waals surface area contributed by atoms with Gasteiger partial charge in [0.1, 0.15) is 0 Å². The lowest BCUT2D eigenvalue weighted by Crippen LogP contribution is -2.46. The Labute approximate surface area is 140 Å². The van der Waals surface area contributed by atoms with Crippen molar-refractivity contribution in [3.05, 3.63) is 59.5 Å². The van der Waals surface area contributed by atoms with E-state index in [2.05, 4.69) is 44.0 Å². The molecule has 4 nitrogen and oxygen atoms in total. The number of anilines is 1. The molecule has 3 heterocycles. The number of benzene rings is 1. The van der Waals surface area contributed by atoms with Crippen LogP contribution >= 0.6 is 11.6 Å². The average Bonchev–Trinajstić information content (AvgIpc) is 2.93. The molecule has 2 aromatic heterocycles. The van der Waals surface area contributed by atoms with Crippen molar-refractivity contribution in [1.82, 2.24) is 14.9 Å². The smallest absolute Gasteiger partial charge is 0.0705 e. The van der Waals surface area contributed by atoms with Gasteiger partial charge in [-0.3, -0.25) is 9.88 Å². The van der Waals surface area contributed by atoms with E-state index in [4.69, 9.17) is 11.6 Å². The van der Waals surface area contributed by atoms with Crippen molar-refractivity contribution in [3.8, 4) is 0 Å². The Bertz CT molecular complexity index is 791. The third kappa shape index (κ3) is 2.92. The number of halogens is 1. The lowest BCUT2D eigenvalue weighted by molar-refractivity contribution is 0.247. The summed E-state index contributed by atoms with van der Waals surface area (Å²) in [4.78, 5) is 12.4. The highest BCUT2D eigenvalue weighted by atomic mass is 35.5. The number of hydrogen-bond acceptors (Lipinski definition) is 3. The van der Waals surface area contributed by atoms with E-state index >= 15 is 0 Å². The maximum absolute atomic E-state index is 6.53. The highest BCUT2D eigenvalue weighted by Gasteiger charge is 2.19. The van der Waals surface area contributed by atoms with Crippen molar-refractivity contribution in [2.75, 3.05) is 31.1 Å². The number of fused-ring (bicyclic) bond motifs is 1. The third-order valence-corrected chi connectivity index (χ3v) is 4.93. The normalized spacial score (nSPS) is 16.1. The van der Waals surface area contributed by atoms with Crippen molar-refractivity contribution >= 4 is 28.2 Å². The lowest BCUT2D eigenvalue weighted by Gasteiger charge is -2.35. The molecule has 0 amide bonds. The summed E-state index contributed by atoms with van der Waals surface area (Å²) in [5.41, 5.74) is 3.48. The minimum atomic E-state index is 0.858. The van der Waals surface area contributed by atoms with E-state index in [1.807, 2.05) is 24.5 Å². The monoisotopic (exact) mass is 326 g/mol. The van der Waals surface area contributed by atoms with Gasteiger partial charge in [0.25, 0.3) is 0 Å². The fourth-order valence-corrected chi connectivity index (χ4v) is 3.49. The van der Waals surface area contributed by atoms with Gasteiger partial charge < -0.3 is 9.88 Å². The molecule has 23 heavy (non-hydrogen) atoms. The molecule has 0 spiro atoms. The van der Waals surface area contributed by atoms with Crippen molar-refractivity contribution in [2.24, 2.45) is 0 Å². The molecule has 0 bridgehead atoms. The summed E-state index contributed by atoms with van der Waals surface area (Å²) >= 11 is 6.53. The number of rotatable bonds is 3. The van der Waals surface area contributed by atoms with Crippen LogP contribution in [0.5, 0.6) is 0 Å². The van der Waals surface area contributed by atoms with Gasteiger partial charge >= 0.3 is 0 Å². The van der Waals surface area contributed by atoms with Crippen LogP contribution < -0.4 is 4.90 Å². The molecule has 0 saturated carbocycles. The number of aromatic amines is 1. The predicted octanol–water partition coefficient (Wildman–Crippen LogP) is 3.54. The van der Waals surface area contributed by atoms with Gasteiger partial charge in [-0.05, 0) is 18.2 Å². The molecule has 1 aliphatic rings. The topological polar surface area (TPSA) is 35.2 Å². The van der Waals surface area contributed by atoms with E-state index < -0.39 is 0 Å². The zero-order valence-electron chi connectivity index (χ0n) is 12.9. The predicted molar refractivity (Wildman–Crippen MR) is 95.0 cm³/mol. The van der Waals surface area contributed by atoms with Crippen LogP contribution in [-0.4, -0.2) is 41.0 Å². The van der Waals surface area contributed by atoms with E-state index in [1.54, 1.807) is 0 Å². The minimum Gasteiger partial charge on any atom is -0.369 e. The number of piperazine rings is 1.